The Morgan fingerprint density at radius 3 is 2.23 bits per heavy atom. The van der Waals surface area contributed by atoms with Gasteiger partial charge in [-0.3, -0.25) is 4.90 Å². The van der Waals surface area contributed by atoms with Crippen LogP contribution in [-0.2, 0) is 0 Å². The monoisotopic (exact) mass is 182 g/mol. The summed E-state index contributed by atoms with van der Waals surface area (Å²) in [4.78, 5) is 2.34. The Morgan fingerprint density at radius 1 is 1.31 bits per heavy atom. The van der Waals surface area contributed by atoms with Gasteiger partial charge in [0.25, 0.3) is 0 Å². The molecule has 0 heterocycles. The molecule has 2 nitrogen and oxygen atoms in total. The molecule has 0 aromatic heterocycles. The summed E-state index contributed by atoms with van der Waals surface area (Å²) in [5.74, 6) is 0.671. The molecule has 76 valence electrons. The minimum Gasteiger partial charge on any atom is -0.319 e. The average molecular weight is 182 g/mol. The predicted octanol–water partition coefficient (Wildman–Crippen LogP) is 1.52. The minimum atomic E-state index is 0.671. The molecule has 1 N–H and O–H groups in total. The molecular formula is C11H22N2. The number of nitrogens with one attached hydrogen (secondary N) is 1. The maximum absolute atomic E-state index is 3.74. The van der Waals surface area contributed by atoms with Crippen molar-refractivity contribution in [3.63, 3.8) is 0 Å². The molecule has 0 saturated heterocycles. The summed E-state index contributed by atoms with van der Waals surface area (Å²) in [6, 6.07) is 0. The fourth-order valence-corrected chi connectivity index (χ4v) is 1.44. The summed E-state index contributed by atoms with van der Waals surface area (Å²) in [7, 11) is 1.99. The van der Waals surface area contributed by atoms with Gasteiger partial charge in [-0.2, -0.15) is 0 Å². The second kappa shape index (κ2) is 8.02. The lowest BCUT2D eigenvalue weighted by Crippen LogP contribution is -2.32. The van der Waals surface area contributed by atoms with Crippen molar-refractivity contribution in [3.05, 3.63) is 25.3 Å². The SMILES string of the molecule is C=CCN(CC=C)CC(C)CNC. The molecule has 1 atom stereocenters. The normalized spacial score (nSPS) is 12.8. The van der Waals surface area contributed by atoms with Gasteiger partial charge in [0.2, 0.25) is 0 Å². The Hall–Kier alpha value is -0.600. The van der Waals surface area contributed by atoms with Gasteiger partial charge in [0.15, 0.2) is 0 Å². The molecule has 0 aliphatic carbocycles. The van der Waals surface area contributed by atoms with E-state index in [9.17, 15) is 0 Å². The van der Waals surface area contributed by atoms with Gasteiger partial charge in [0.05, 0.1) is 0 Å². The van der Waals surface area contributed by atoms with Crippen molar-refractivity contribution >= 4 is 0 Å². The van der Waals surface area contributed by atoms with Gasteiger partial charge in [0.1, 0.15) is 0 Å². The predicted molar refractivity (Wildman–Crippen MR) is 59.9 cm³/mol. The van der Waals surface area contributed by atoms with Gasteiger partial charge in [-0.1, -0.05) is 19.1 Å². The van der Waals surface area contributed by atoms with E-state index in [-0.39, 0.29) is 0 Å². The summed E-state index contributed by atoms with van der Waals surface area (Å²) < 4.78 is 0. The van der Waals surface area contributed by atoms with E-state index in [1.807, 2.05) is 19.2 Å². The van der Waals surface area contributed by atoms with Crippen molar-refractivity contribution in [1.82, 2.24) is 10.2 Å². The van der Waals surface area contributed by atoms with Gasteiger partial charge in [0, 0.05) is 19.6 Å². The molecule has 13 heavy (non-hydrogen) atoms. The van der Waals surface area contributed by atoms with Gasteiger partial charge in [-0.25, -0.2) is 0 Å². The van der Waals surface area contributed by atoms with E-state index in [4.69, 9.17) is 0 Å². The molecule has 0 aliphatic rings. The zero-order valence-corrected chi connectivity index (χ0v) is 8.92. The van der Waals surface area contributed by atoms with E-state index < -0.39 is 0 Å². The van der Waals surface area contributed by atoms with Crippen LogP contribution in [0.5, 0.6) is 0 Å². The maximum Gasteiger partial charge on any atom is 0.0164 e. The highest BCUT2D eigenvalue weighted by atomic mass is 15.1. The smallest absolute Gasteiger partial charge is 0.0164 e. The lowest BCUT2D eigenvalue weighted by atomic mass is 10.1. The van der Waals surface area contributed by atoms with Crippen molar-refractivity contribution in [2.75, 3.05) is 33.2 Å². The summed E-state index contributed by atoms with van der Waals surface area (Å²) >= 11 is 0. The van der Waals surface area contributed by atoms with Gasteiger partial charge < -0.3 is 5.32 Å². The number of hydrogen-bond acceptors (Lipinski definition) is 2. The first kappa shape index (κ1) is 12.4. The fraction of sp³-hybridized carbons (Fsp3) is 0.636. The lowest BCUT2D eigenvalue weighted by Gasteiger charge is -2.22. The van der Waals surface area contributed by atoms with Crippen LogP contribution in [-0.4, -0.2) is 38.1 Å². The topological polar surface area (TPSA) is 15.3 Å². The molecule has 0 spiro atoms. The molecule has 1 unspecified atom stereocenters. The van der Waals surface area contributed by atoms with Crippen molar-refractivity contribution in [1.29, 1.82) is 0 Å². The number of rotatable bonds is 8. The second-order valence-electron chi connectivity index (χ2n) is 3.46. The Balaban J connectivity index is 3.77. The van der Waals surface area contributed by atoms with Crippen LogP contribution in [0.15, 0.2) is 25.3 Å². The fourth-order valence-electron chi connectivity index (χ4n) is 1.44. The van der Waals surface area contributed by atoms with Crippen LogP contribution in [0.25, 0.3) is 0 Å². The first-order valence-corrected chi connectivity index (χ1v) is 4.83. The Morgan fingerprint density at radius 2 is 1.85 bits per heavy atom. The van der Waals surface area contributed by atoms with E-state index in [1.54, 1.807) is 0 Å². The minimum absolute atomic E-state index is 0.671. The van der Waals surface area contributed by atoms with Crippen LogP contribution in [0.1, 0.15) is 6.92 Å². The summed E-state index contributed by atoms with van der Waals surface area (Å²) in [5.41, 5.74) is 0. The van der Waals surface area contributed by atoms with Crippen LogP contribution in [0.4, 0.5) is 0 Å². The van der Waals surface area contributed by atoms with Crippen LogP contribution < -0.4 is 5.32 Å². The lowest BCUT2D eigenvalue weighted by molar-refractivity contribution is 0.283. The molecular weight excluding hydrogens is 160 g/mol. The third-order valence-corrected chi connectivity index (χ3v) is 1.90. The first-order chi connectivity index (χ1) is 6.24. The van der Waals surface area contributed by atoms with E-state index in [0.29, 0.717) is 5.92 Å². The molecule has 0 rings (SSSR count). The summed E-state index contributed by atoms with van der Waals surface area (Å²) in [6.07, 6.45) is 3.88. The van der Waals surface area contributed by atoms with Crippen LogP contribution in [0.2, 0.25) is 0 Å². The van der Waals surface area contributed by atoms with Crippen molar-refractivity contribution in [2.24, 2.45) is 5.92 Å². The van der Waals surface area contributed by atoms with E-state index in [1.165, 1.54) is 0 Å². The van der Waals surface area contributed by atoms with Crippen molar-refractivity contribution in [2.45, 2.75) is 6.92 Å². The highest BCUT2D eigenvalue weighted by Crippen LogP contribution is 1.98. The third kappa shape index (κ3) is 6.55. The molecule has 0 aromatic carbocycles. The molecule has 0 radical (unpaired) electrons. The van der Waals surface area contributed by atoms with E-state index in [2.05, 4.69) is 30.3 Å². The highest BCUT2D eigenvalue weighted by Gasteiger charge is 2.06. The molecule has 0 aromatic rings. The average Bonchev–Trinajstić information content (AvgIpc) is 2.05. The Labute approximate surface area is 82.3 Å². The van der Waals surface area contributed by atoms with Crippen LogP contribution >= 0.6 is 0 Å². The molecule has 0 fully saturated rings. The first-order valence-electron chi connectivity index (χ1n) is 4.83. The zero-order valence-electron chi connectivity index (χ0n) is 8.92. The Bertz CT molecular complexity index is 133. The molecule has 0 saturated carbocycles. The summed E-state index contributed by atoms with van der Waals surface area (Å²) in [5, 5.41) is 3.18. The van der Waals surface area contributed by atoms with Crippen LogP contribution in [0, 0.1) is 5.92 Å². The quantitative estimate of drug-likeness (QED) is 0.573. The van der Waals surface area contributed by atoms with Crippen LogP contribution in [0.3, 0.4) is 0 Å². The number of hydrogen-bond donors (Lipinski definition) is 1. The maximum atomic E-state index is 3.74. The van der Waals surface area contributed by atoms with E-state index in [0.717, 1.165) is 26.2 Å². The van der Waals surface area contributed by atoms with Gasteiger partial charge in [-0.15, -0.1) is 13.2 Å². The zero-order chi connectivity index (χ0) is 10.1. The molecule has 0 bridgehead atoms. The Kier molecular flexibility index (Phi) is 7.65. The largest absolute Gasteiger partial charge is 0.319 e. The second-order valence-corrected chi connectivity index (χ2v) is 3.46. The molecule has 2 heteroatoms. The third-order valence-electron chi connectivity index (χ3n) is 1.90. The van der Waals surface area contributed by atoms with Gasteiger partial charge >= 0.3 is 0 Å². The summed E-state index contributed by atoms with van der Waals surface area (Å²) in [6.45, 7) is 13.8. The van der Waals surface area contributed by atoms with Crippen molar-refractivity contribution < 1.29 is 0 Å². The van der Waals surface area contributed by atoms with Gasteiger partial charge in [-0.05, 0) is 19.5 Å². The number of nitrogens with zero attached hydrogens (tertiary/aromatic N) is 1. The molecule has 0 aliphatic heterocycles. The van der Waals surface area contributed by atoms with Crippen molar-refractivity contribution in [3.8, 4) is 0 Å². The molecule has 0 amide bonds. The highest BCUT2D eigenvalue weighted by molar-refractivity contribution is 4.80. The van der Waals surface area contributed by atoms with E-state index >= 15 is 0 Å². The standard InChI is InChI=1S/C11H22N2/c1-5-7-13(8-6-2)10-11(3)9-12-4/h5-6,11-12H,1-2,7-10H2,3-4H3.